The molecule has 23 heavy (non-hydrogen) atoms. The number of piperazine rings is 1. The van der Waals surface area contributed by atoms with Gasteiger partial charge >= 0.3 is 6.03 Å². The van der Waals surface area contributed by atoms with Crippen molar-refractivity contribution in [3.8, 4) is 0 Å². The van der Waals surface area contributed by atoms with Crippen molar-refractivity contribution in [3.05, 3.63) is 59.4 Å². The summed E-state index contributed by atoms with van der Waals surface area (Å²) in [6.07, 6.45) is 1.73. The molecule has 2 heterocycles. The number of hydrogen-bond donors (Lipinski definition) is 1. The summed E-state index contributed by atoms with van der Waals surface area (Å²) < 4.78 is 0. The first-order valence-electron chi connectivity index (χ1n) is 7.65. The molecule has 0 saturated carbocycles. The van der Waals surface area contributed by atoms with Crippen molar-refractivity contribution >= 4 is 23.3 Å². The molecule has 1 aliphatic heterocycles. The number of pyridine rings is 1. The number of nitrogens with one attached hydrogen (secondary N) is 1. The Kier molecular flexibility index (Phi) is 4.98. The van der Waals surface area contributed by atoms with E-state index in [0.29, 0.717) is 19.6 Å². The van der Waals surface area contributed by atoms with Crippen LogP contribution >= 0.6 is 11.6 Å². The summed E-state index contributed by atoms with van der Waals surface area (Å²) in [5, 5.41) is 3.65. The van der Waals surface area contributed by atoms with Crippen molar-refractivity contribution in [2.24, 2.45) is 0 Å². The van der Waals surface area contributed by atoms with Crippen LogP contribution in [0.3, 0.4) is 0 Å². The molecule has 0 atom stereocenters. The van der Waals surface area contributed by atoms with Crippen LogP contribution in [0.15, 0.2) is 48.7 Å². The van der Waals surface area contributed by atoms with Crippen LogP contribution < -0.4 is 10.2 Å². The van der Waals surface area contributed by atoms with E-state index < -0.39 is 0 Å². The van der Waals surface area contributed by atoms with Gasteiger partial charge in [0.05, 0.1) is 12.2 Å². The van der Waals surface area contributed by atoms with Gasteiger partial charge in [-0.3, -0.25) is 4.98 Å². The SMILES string of the molecule is O=C(NCc1ccccn1)N1CCN(c2cccc(Cl)c2)CC1. The molecule has 2 amide bonds. The standard InChI is InChI=1S/C17H19ClN4O/c18-14-4-3-6-16(12-14)21-8-10-22(11-9-21)17(23)20-13-15-5-1-2-7-19-15/h1-7,12H,8-11,13H2,(H,20,23). The van der Waals surface area contributed by atoms with Crippen LogP contribution in [0, 0.1) is 0 Å². The molecule has 1 fully saturated rings. The van der Waals surface area contributed by atoms with E-state index in [2.05, 4.69) is 15.2 Å². The Labute approximate surface area is 140 Å². The molecule has 0 radical (unpaired) electrons. The fourth-order valence-corrected chi connectivity index (χ4v) is 2.81. The van der Waals surface area contributed by atoms with Gasteiger partial charge in [0.15, 0.2) is 0 Å². The van der Waals surface area contributed by atoms with Crippen molar-refractivity contribution in [2.75, 3.05) is 31.1 Å². The molecule has 120 valence electrons. The summed E-state index contributed by atoms with van der Waals surface area (Å²) in [6.45, 7) is 3.45. The Morgan fingerprint density at radius 3 is 2.65 bits per heavy atom. The Morgan fingerprint density at radius 2 is 1.96 bits per heavy atom. The fourth-order valence-electron chi connectivity index (χ4n) is 2.62. The lowest BCUT2D eigenvalue weighted by molar-refractivity contribution is 0.194. The molecule has 0 aliphatic carbocycles. The Bertz CT molecular complexity index is 657. The van der Waals surface area contributed by atoms with Gasteiger partial charge < -0.3 is 15.1 Å². The molecule has 3 rings (SSSR count). The van der Waals surface area contributed by atoms with Gasteiger partial charge in [0.2, 0.25) is 0 Å². The van der Waals surface area contributed by atoms with Crippen LogP contribution in [0.1, 0.15) is 5.69 Å². The van der Waals surface area contributed by atoms with E-state index >= 15 is 0 Å². The maximum Gasteiger partial charge on any atom is 0.317 e. The summed E-state index contributed by atoms with van der Waals surface area (Å²) in [7, 11) is 0. The molecule has 2 aromatic rings. The summed E-state index contributed by atoms with van der Waals surface area (Å²) >= 11 is 6.04. The third-order valence-corrected chi connectivity index (χ3v) is 4.12. The van der Waals surface area contributed by atoms with Crippen molar-refractivity contribution in [2.45, 2.75) is 6.54 Å². The number of nitrogens with zero attached hydrogens (tertiary/aromatic N) is 3. The average molecular weight is 331 g/mol. The van der Waals surface area contributed by atoms with E-state index in [1.54, 1.807) is 6.20 Å². The molecule has 1 N–H and O–H groups in total. The van der Waals surface area contributed by atoms with Gasteiger partial charge in [-0.2, -0.15) is 0 Å². The van der Waals surface area contributed by atoms with Crippen molar-refractivity contribution in [1.29, 1.82) is 0 Å². The van der Waals surface area contributed by atoms with E-state index in [-0.39, 0.29) is 6.03 Å². The first-order chi connectivity index (χ1) is 11.2. The minimum atomic E-state index is -0.0404. The molecule has 1 saturated heterocycles. The van der Waals surface area contributed by atoms with Crippen LogP contribution in [-0.4, -0.2) is 42.1 Å². The molecule has 0 spiro atoms. The van der Waals surface area contributed by atoms with Crippen molar-refractivity contribution < 1.29 is 4.79 Å². The molecule has 1 aliphatic rings. The van der Waals surface area contributed by atoms with E-state index in [1.807, 2.05) is 47.4 Å². The van der Waals surface area contributed by atoms with Crippen LogP contribution in [0.2, 0.25) is 5.02 Å². The third-order valence-electron chi connectivity index (χ3n) is 3.89. The predicted molar refractivity (Wildman–Crippen MR) is 91.7 cm³/mol. The number of carbonyl (C=O) groups is 1. The van der Waals surface area contributed by atoms with Gasteiger partial charge in [0.1, 0.15) is 0 Å². The minimum Gasteiger partial charge on any atom is -0.368 e. The zero-order chi connectivity index (χ0) is 16.1. The first-order valence-corrected chi connectivity index (χ1v) is 8.03. The summed E-state index contributed by atoms with van der Waals surface area (Å²) in [6, 6.07) is 13.5. The normalized spacial score (nSPS) is 14.7. The second-order valence-electron chi connectivity index (χ2n) is 5.43. The molecule has 1 aromatic heterocycles. The number of rotatable bonds is 3. The predicted octanol–water partition coefficient (Wildman–Crippen LogP) is 2.77. The number of urea groups is 1. The smallest absolute Gasteiger partial charge is 0.317 e. The van der Waals surface area contributed by atoms with E-state index in [9.17, 15) is 4.79 Å². The summed E-state index contributed by atoms with van der Waals surface area (Å²) in [5.74, 6) is 0. The van der Waals surface area contributed by atoms with Crippen LogP contribution in [-0.2, 0) is 6.54 Å². The van der Waals surface area contributed by atoms with E-state index in [0.717, 1.165) is 29.5 Å². The zero-order valence-electron chi connectivity index (χ0n) is 12.8. The lowest BCUT2D eigenvalue weighted by atomic mass is 10.2. The van der Waals surface area contributed by atoms with Crippen LogP contribution in [0.5, 0.6) is 0 Å². The average Bonchev–Trinajstić information content (AvgIpc) is 2.61. The minimum absolute atomic E-state index is 0.0404. The maximum atomic E-state index is 12.2. The maximum absolute atomic E-state index is 12.2. The Morgan fingerprint density at radius 1 is 1.13 bits per heavy atom. The van der Waals surface area contributed by atoms with Gasteiger partial charge in [0.25, 0.3) is 0 Å². The van der Waals surface area contributed by atoms with Crippen molar-refractivity contribution in [1.82, 2.24) is 15.2 Å². The van der Waals surface area contributed by atoms with Gasteiger partial charge in [-0.25, -0.2) is 4.79 Å². The summed E-state index contributed by atoms with van der Waals surface area (Å²) in [5.41, 5.74) is 1.96. The molecular formula is C17H19ClN4O. The molecular weight excluding hydrogens is 312 g/mol. The fraction of sp³-hybridized carbons (Fsp3) is 0.294. The lowest BCUT2D eigenvalue weighted by Gasteiger charge is -2.36. The van der Waals surface area contributed by atoms with Gasteiger partial charge in [-0.1, -0.05) is 23.7 Å². The zero-order valence-corrected chi connectivity index (χ0v) is 13.5. The van der Waals surface area contributed by atoms with Crippen molar-refractivity contribution in [3.63, 3.8) is 0 Å². The second-order valence-corrected chi connectivity index (χ2v) is 5.87. The van der Waals surface area contributed by atoms with Gasteiger partial charge in [-0.05, 0) is 30.3 Å². The Hall–Kier alpha value is -2.27. The number of hydrogen-bond acceptors (Lipinski definition) is 3. The topological polar surface area (TPSA) is 48.5 Å². The number of halogens is 1. The highest BCUT2D eigenvalue weighted by Gasteiger charge is 2.21. The number of aromatic nitrogens is 1. The van der Waals surface area contributed by atoms with Gasteiger partial charge in [-0.15, -0.1) is 0 Å². The van der Waals surface area contributed by atoms with Crippen LogP contribution in [0.4, 0.5) is 10.5 Å². The first kappa shape index (κ1) is 15.6. The third kappa shape index (κ3) is 4.13. The molecule has 0 unspecified atom stereocenters. The van der Waals surface area contributed by atoms with Gasteiger partial charge in [0, 0.05) is 43.1 Å². The Balaban J connectivity index is 1.49. The highest BCUT2D eigenvalue weighted by Crippen LogP contribution is 2.20. The number of benzene rings is 1. The number of carbonyl (C=O) groups excluding carboxylic acids is 1. The lowest BCUT2D eigenvalue weighted by Crippen LogP contribution is -2.51. The van der Waals surface area contributed by atoms with E-state index in [1.165, 1.54) is 0 Å². The highest BCUT2D eigenvalue weighted by molar-refractivity contribution is 6.30. The quantitative estimate of drug-likeness (QED) is 0.941. The summed E-state index contributed by atoms with van der Waals surface area (Å²) in [4.78, 5) is 20.5. The van der Waals surface area contributed by atoms with Crippen LogP contribution in [0.25, 0.3) is 0 Å². The number of amides is 2. The van der Waals surface area contributed by atoms with E-state index in [4.69, 9.17) is 11.6 Å². The monoisotopic (exact) mass is 330 g/mol. The second kappa shape index (κ2) is 7.33. The largest absolute Gasteiger partial charge is 0.368 e. The highest BCUT2D eigenvalue weighted by atomic mass is 35.5. The number of anilines is 1. The molecule has 1 aromatic carbocycles. The molecule has 6 heteroatoms. The molecule has 0 bridgehead atoms. The molecule has 5 nitrogen and oxygen atoms in total.